The molecule has 3 aromatic rings. The van der Waals surface area contributed by atoms with E-state index in [4.69, 9.17) is 23.2 Å². The number of nitrogens with zero attached hydrogens (tertiary/aromatic N) is 1. The lowest BCUT2D eigenvalue weighted by Crippen LogP contribution is -2.00. The van der Waals surface area contributed by atoms with Crippen molar-refractivity contribution < 1.29 is 0 Å². The Morgan fingerprint density at radius 2 is 1.86 bits per heavy atom. The fourth-order valence-electron chi connectivity index (χ4n) is 2.51. The lowest BCUT2D eigenvalue weighted by atomic mass is 10.0. The van der Waals surface area contributed by atoms with Gasteiger partial charge in [-0.2, -0.15) is 0 Å². The molecule has 0 bridgehead atoms. The van der Waals surface area contributed by atoms with Crippen LogP contribution in [0, 0.1) is 6.92 Å². The Hall–Kier alpha value is -1.57. The van der Waals surface area contributed by atoms with E-state index >= 15 is 0 Å². The third kappa shape index (κ3) is 3.20. The maximum Gasteiger partial charge on any atom is 0.0705 e. The molecule has 1 heterocycles. The van der Waals surface area contributed by atoms with Crippen molar-refractivity contribution in [2.24, 2.45) is 0 Å². The van der Waals surface area contributed by atoms with Gasteiger partial charge in [-0.05, 0) is 42.3 Å². The van der Waals surface area contributed by atoms with E-state index in [2.05, 4.69) is 17.1 Å². The van der Waals surface area contributed by atoms with E-state index < -0.39 is 0 Å². The van der Waals surface area contributed by atoms with Crippen LogP contribution in [-0.4, -0.2) is 4.98 Å². The highest BCUT2D eigenvalue weighted by molar-refractivity contribution is 6.30. The normalized spacial score (nSPS) is 12.5. The summed E-state index contributed by atoms with van der Waals surface area (Å²) in [6.07, 6.45) is 0.703. The van der Waals surface area contributed by atoms with Crippen LogP contribution in [0.25, 0.3) is 10.9 Å². The third-order valence-electron chi connectivity index (χ3n) is 3.61. The second-order valence-corrected chi connectivity index (χ2v) is 6.13. The van der Waals surface area contributed by atoms with Crippen molar-refractivity contribution in [1.82, 2.24) is 4.98 Å². The number of hydrogen-bond acceptors (Lipinski definition) is 1. The smallest absolute Gasteiger partial charge is 0.0705 e. The van der Waals surface area contributed by atoms with Crippen molar-refractivity contribution in [3.05, 3.63) is 76.4 Å². The zero-order valence-electron chi connectivity index (χ0n) is 11.7. The quantitative estimate of drug-likeness (QED) is 0.563. The monoisotopic (exact) mass is 315 g/mol. The molecule has 1 atom stereocenters. The van der Waals surface area contributed by atoms with Crippen molar-refractivity contribution in [2.45, 2.75) is 18.7 Å². The first-order valence-corrected chi connectivity index (χ1v) is 7.70. The molecule has 0 saturated carbocycles. The van der Waals surface area contributed by atoms with Crippen LogP contribution in [0.2, 0.25) is 5.02 Å². The van der Waals surface area contributed by atoms with Gasteiger partial charge in [0.25, 0.3) is 0 Å². The van der Waals surface area contributed by atoms with Crippen molar-refractivity contribution in [3.63, 3.8) is 0 Å². The summed E-state index contributed by atoms with van der Waals surface area (Å²) in [5, 5.41) is 1.79. The predicted octanol–water partition coefficient (Wildman–Crippen LogP) is 5.72. The minimum atomic E-state index is -0.101. The molecule has 0 spiro atoms. The van der Waals surface area contributed by atoms with E-state index in [9.17, 15) is 0 Å². The van der Waals surface area contributed by atoms with E-state index in [-0.39, 0.29) is 5.38 Å². The van der Waals surface area contributed by atoms with Crippen LogP contribution in [-0.2, 0) is 6.42 Å². The minimum absolute atomic E-state index is 0.101. The molecular formula is C18H15Cl2N. The zero-order valence-corrected chi connectivity index (χ0v) is 13.2. The van der Waals surface area contributed by atoms with Gasteiger partial charge in [0.1, 0.15) is 0 Å². The molecule has 1 unspecified atom stereocenters. The number of alkyl halides is 1. The summed E-state index contributed by atoms with van der Waals surface area (Å²) in [6, 6.07) is 18.1. The number of fused-ring (bicyclic) bond motifs is 1. The Morgan fingerprint density at radius 1 is 1.05 bits per heavy atom. The second-order valence-electron chi connectivity index (χ2n) is 5.17. The summed E-state index contributed by atoms with van der Waals surface area (Å²) in [5.41, 5.74) is 4.23. The molecule has 3 heteroatoms. The van der Waals surface area contributed by atoms with Crippen molar-refractivity contribution in [1.29, 1.82) is 0 Å². The van der Waals surface area contributed by atoms with Gasteiger partial charge in [-0.1, -0.05) is 41.9 Å². The fraction of sp³-hybridized carbons (Fsp3) is 0.167. The first kappa shape index (κ1) is 14.4. The number of aryl methyl sites for hydroxylation is 1. The average Bonchev–Trinajstić information content (AvgIpc) is 2.47. The lowest BCUT2D eigenvalue weighted by molar-refractivity contribution is 0.880. The Labute approximate surface area is 134 Å². The lowest BCUT2D eigenvalue weighted by Gasteiger charge is -2.13. The zero-order chi connectivity index (χ0) is 14.8. The van der Waals surface area contributed by atoms with Crippen LogP contribution >= 0.6 is 23.2 Å². The molecule has 0 aliphatic rings. The molecule has 21 heavy (non-hydrogen) atoms. The van der Waals surface area contributed by atoms with Crippen LogP contribution in [0.3, 0.4) is 0 Å². The van der Waals surface area contributed by atoms with E-state index in [0.717, 1.165) is 32.7 Å². The SMILES string of the molecule is Cc1cc(Cl)ccc1C(Cl)Cc1ccc2ccccc2n1. The maximum absolute atomic E-state index is 6.57. The number of pyridine rings is 1. The Kier molecular flexibility index (Phi) is 4.14. The average molecular weight is 316 g/mol. The van der Waals surface area contributed by atoms with Gasteiger partial charge < -0.3 is 0 Å². The molecule has 0 saturated heterocycles. The van der Waals surface area contributed by atoms with Gasteiger partial charge in [-0.3, -0.25) is 4.98 Å². The Bertz CT molecular complexity index is 783. The molecule has 0 aliphatic heterocycles. The minimum Gasteiger partial charge on any atom is -0.253 e. The van der Waals surface area contributed by atoms with Gasteiger partial charge in [0.2, 0.25) is 0 Å². The molecule has 3 rings (SSSR count). The molecular weight excluding hydrogens is 301 g/mol. The second kappa shape index (κ2) is 6.05. The maximum atomic E-state index is 6.57. The number of aromatic nitrogens is 1. The molecule has 1 nitrogen and oxygen atoms in total. The van der Waals surface area contributed by atoms with Crippen LogP contribution in [0.1, 0.15) is 22.2 Å². The van der Waals surface area contributed by atoms with Crippen molar-refractivity contribution >= 4 is 34.1 Å². The van der Waals surface area contributed by atoms with Gasteiger partial charge in [0, 0.05) is 22.5 Å². The van der Waals surface area contributed by atoms with Crippen LogP contribution < -0.4 is 0 Å². The Balaban J connectivity index is 1.87. The predicted molar refractivity (Wildman–Crippen MR) is 90.2 cm³/mol. The highest BCUT2D eigenvalue weighted by Crippen LogP contribution is 2.29. The summed E-state index contributed by atoms with van der Waals surface area (Å²) in [4.78, 5) is 4.68. The molecule has 0 fully saturated rings. The van der Waals surface area contributed by atoms with E-state index in [1.807, 2.05) is 49.4 Å². The number of benzene rings is 2. The highest BCUT2D eigenvalue weighted by atomic mass is 35.5. The number of hydrogen-bond donors (Lipinski definition) is 0. The highest BCUT2D eigenvalue weighted by Gasteiger charge is 2.13. The number of para-hydroxylation sites is 1. The van der Waals surface area contributed by atoms with Crippen molar-refractivity contribution in [2.75, 3.05) is 0 Å². The summed E-state index contributed by atoms with van der Waals surface area (Å²) >= 11 is 12.6. The summed E-state index contributed by atoms with van der Waals surface area (Å²) < 4.78 is 0. The van der Waals surface area contributed by atoms with Crippen LogP contribution in [0.15, 0.2) is 54.6 Å². The number of halogens is 2. The van der Waals surface area contributed by atoms with Crippen molar-refractivity contribution in [3.8, 4) is 0 Å². The molecule has 0 aliphatic carbocycles. The van der Waals surface area contributed by atoms with Gasteiger partial charge in [0.05, 0.1) is 10.9 Å². The van der Waals surface area contributed by atoms with E-state index in [1.165, 1.54) is 0 Å². The standard InChI is InChI=1S/C18H15Cl2N/c1-12-10-14(19)7-9-16(12)17(20)11-15-8-6-13-4-2-3-5-18(13)21-15/h2-10,17H,11H2,1H3. The van der Waals surface area contributed by atoms with Gasteiger partial charge in [0.15, 0.2) is 0 Å². The largest absolute Gasteiger partial charge is 0.253 e. The van der Waals surface area contributed by atoms with Gasteiger partial charge in [-0.15, -0.1) is 11.6 Å². The molecule has 0 N–H and O–H groups in total. The Morgan fingerprint density at radius 3 is 2.67 bits per heavy atom. The van der Waals surface area contributed by atoms with Gasteiger partial charge in [-0.25, -0.2) is 0 Å². The first-order valence-electron chi connectivity index (χ1n) is 6.88. The fourth-order valence-corrected chi connectivity index (χ4v) is 3.14. The summed E-state index contributed by atoms with van der Waals surface area (Å²) in [6.45, 7) is 2.03. The number of rotatable bonds is 3. The summed E-state index contributed by atoms with van der Waals surface area (Å²) in [7, 11) is 0. The van der Waals surface area contributed by atoms with E-state index in [1.54, 1.807) is 0 Å². The topological polar surface area (TPSA) is 12.9 Å². The third-order valence-corrected chi connectivity index (χ3v) is 4.24. The molecule has 106 valence electrons. The van der Waals surface area contributed by atoms with E-state index in [0.29, 0.717) is 6.42 Å². The molecule has 0 radical (unpaired) electrons. The molecule has 0 amide bonds. The molecule has 1 aromatic heterocycles. The van der Waals surface area contributed by atoms with Gasteiger partial charge >= 0.3 is 0 Å². The molecule has 2 aromatic carbocycles. The summed E-state index contributed by atoms with van der Waals surface area (Å²) in [5.74, 6) is 0. The van der Waals surface area contributed by atoms with Crippen LogP contribution in [0.4, 0.5) is 0 Å². The van der Waals surface area contributed by atoms with Crippen LogP contribution in [0.5, 0.6) is 0 Å². The first-order chi connectivity index (χ1) is 10.1.